The molecule has 0 heterocycles. The summed E-state index contributed by atoms with van der Waals surface area (Å²) in [5, 5.41) is 8.63. The molecule has 0 aromatic rings. The van der Waals surface area contributed by atoms with E-state index in [1.54, 1.807) is 6.08 Å². The van der Waals surface area contributed by atoms with Crippen LogP contribution in [0.3, 0.4) is 0 Å². The first-order valence-corrected chi connectivity index (χ1v) is 8.03. The summed E-state index contributed by atoms with van der Waals surface area (Å²) in [5.74, 6) is 0.534. The molecule has 0 bridgehead atoms. The number of carbonyl (C=O) groups excluding carboxylic acids is 2. The van der Waals surface area contributed by atoms with Gasteiger partial charge in [-0.3, -0.25) is 9.59 Å². The van der Waals surface area contributed by atoms with Crippen molar-refractivity contribution in [2.75, 3.05) is 19.8 Å². The third-order valence-electron chi connectivity index (χ3n) is 3.29. The van der Waals surface area contributed by atoms with Crippen molar-refractivity contribution in [2.45, 2.75) is 64.2 Å². The first-order valence-electron chi connectivity index (χ1n) is 8.03. The lowest BCUT2D eigenvalue weighted by molar-refractivity contribution is -0.120. The zero-order valence-corrected chi connectivity index (χ0v) is 13.1. The van der Waals surface area contributed by atoms with Gasteiger partial charge in [0.15, 0.2) is 0 Å². The molecule has 0 unspecified atom stereocenters. The lowest BCUT2D eigenvalue weighted by Crippen LogP contribution is -2.04. The number of carbonyl (C=O) groups is 2. The summed E-state index contributed by atoms with van der Waals surface area (Å²) >= 11 is 0. The third-order valence-corrected chi connectivity index (χ3v) is 3.29. The van der Waals surface area contributed by atoms with Crippen LogP contribution in [0.2, 0.25) is 0 Å². The molecule has 0 rings (SSSR count). The molecule has 4 heteroatoms. The van der Waals surface area contributed by atoms with E-state index in [1.165, 1.54) is 0 Å². The summed E-state index contributed by atoms with van der Waals surface area (Å²) in [5.41, 5.74) is 0. The van der Waals surface area contributed by atoms with Crippen molar-refractivity contribution in [1.29, 1.82) is 0 Å². The molecule has 0 saturated carbocycles. The number of aliphatic hydroxyl groups excluding tert-OH is 1. The molecule has 122 valence electrons. The first-order chi connectivity index (χ1) is 10.2. The number of rotatable bonds is 16. The lowest BCUT2D eigenvalue weighted by atomic mass is 10.0. The Balaban J connectivity index is 3.32. The minimum Gasteiger partial charge on any atom is -0.396 e. The number of ketones is 2. The van der Waals surface area contributed by atoms with Crippen LogP contribution >= 0.6 is 0 Å². The van der Waals surface area contributed by atoms with Crippen molar-refractivity contribution in [3.05, 3.63) is 12.7 Å². The van der Waals surface area contributed by atoms with Crippen LogP contribution in [0.4, 0.5) is 0 Å². The maximum Gasteiger partial charge on any atom is 0.135 e. The Bertz CT molecular complexity index is 287. The molecule has 0 aromatic heterocycles. The smallest absolute Gasteiger partial charge is 0.135 e. The molecule has 1 N–H and O–H groups in total. The highest BCUT2D eigenvalue weighted by atomic mass is 16.5. The number of unbranched alkanes of at least 4 members (excludes halogenated alkanes) is 4. The van der Waals surface area contributed by atoms with Crippen molar-refractivity contribution in [3.63, 3.8) is 0 Å². The van der Waals surface area contributed by atoms with E-state index in [9.17, 15) is 9.59 Å². The van der Waals surface area contributed by atoms with E-state index in [-0.39, 0.29) is 12.4 Å². The van der Waals surface area contributed by atoms with Crippen LogP contribution in [0.15, 0.2) is 12.7 Å². The van der Waals surface area contributed by atoms with E-state index in [2.05, 4.69) is 6.58 Å². The van der Waals surface area contributed by atoms with Crippen LogP contribution in [0.25, 0.3) is 0 Å². The van der Waals surface area contributed by atoms with Crippen LogP contribution in [0.1, 0.15) is 64.2 Å². The second-order valence-corrected chi connectivity index (χ2v) is 5.29. The molecule has 21 heavy (non-hydrogen) atoms. The summed E-state index contributed by atoms with van der Waals surface area (Å²) < 4.78 is 5.17. The molecule has 0 aromatic carbocycles. The van der Waals surface area contributed by atoms with E-state index in [0.29, 0.717) is 44.7 Å². The zero-order chi connectivity index (χ0) is 15.8. The van der Waals surface area contributed by atoms with Crippen molar-refractivity contribution >= 4 is 11.6 Å². The van der Waals surface area contributed by atoms with Gasteiger partial charge in [0, 0.05) is 32.3 Å². The van der Waals surface area contributed by atoms with Gasteiger partial charge in [0.05, 0.1) is 13.2 Å². The van der Waals surface area contributed by atoms with Crippen LogP contribution in [-0.4, -0.2) is 36.5 Å². The van der Waals surface area contributed by atoms with Crippen LogP contribution in [-0.2, 0) is 14.3 Å². The molecular formula is C17H30O4. The molecule has 0 radical (unpaired) electrons. The van der Waals surface area contributed by atoms with E-state index >= 15 is 0 Å². The van der Waals surface area contributed by atoms with Gasteiger partial charge in [-0.15, -0.1) is 6.58 Å². The monoisotopic (exact) mass is 298 g/mol. The second kappa shape index (κ2) is 15.4. The predicted molar refractivity (Wildman–Crippen MR) is 84.3 cm³/mol. The molecule has 0 aliphatic heterocycles. The van der Waals surface area contributed by atoms with Gasteiger partial charge in [0.2, 0.25) is 0 Å². The van der Waals surface area contributed by atoms with E-state index in [0.717, 1.165) is 38.5 Å². The highest BCUT2D eigenvalue weighted by Gasteiger charge is 2.04. The molecule has 0 spiro atoms. The van der Waals surface area contributed by atoms with Gasteiger partial charge in [0.25, 0.3) is 0 Å². The zero-order valence-electron chi connectivity index (χ0n) is 13.1. The van der Waals surface area contributed by atoms with Gasteiger partial charge in [-0.05, 0) is 25.7 Å². The van der Waals surface area contributed by atoms with Crippen molar-refractivity contribution < 1.29 is 19.4 Å². The average molecular weight is 298 g/mol. The normalized spacial score (nSPS) is 10.5. The van der Waals surface area contributed by atoms with Crippen molar-refractivity contribution in [3.8, 4) is 0 Å². The quantitative estimate of drug-likeness (QED) is 0.351. The van der Waals surface area contributed by atoms with Gasteiger partial charge < -0.3 is 9.84 Å². The van der Waals surface area contributed by atoms with Gasteiger partial charge >= 0.3 is 0 Å². The summed E-state index contributed by atoms with van der Waals surface area (Å²) in [4.78, 5) is 23.1. The van der Waals surface area contributed by atoms with Crippen molar-refractivity contribution in [2.24, 2.45) is 0 Å². The summed E-state index contributed by atoms with van der Waals surface area (Å²) in [6.07, 6.45) is 9.22. The maximum atomic E-state index is 11.6. The topological polar surface area (TPSA) is 63.6 Å². The molecule has 0 atom stereocenters. The summed E-state index contributed by atoms with van der Waals surface area (Å²) in [7, 11) is 0. The fourth-order valence-corrected chi connectivity index (χ4v) is 2.03. The molecule has 4 nitrogen and oxygen atoms in total. The van der Waals surface area contributed by atoms with Crippen LogP contribution < -0.4 is 0 Å². The van der Waals surface area contributed by atoms with Gasteiger partial charge in [0.1, 0.15) is 11.6 Å². The molecule has 0 aliphatic carbocycles. The molecule has 0 amide bonds. The lowest BCUT2D eigenvalue weighted by Gasteiger charge is -2.03. The van der Waals surface area contributed by atoms with Gasteiger partial charge in [-0.25, -0.2) is 0 Å². The molecular weight excluding hydrogens is 268 g/mol. The highest BCUT2D eigenvalue weighted by molar-refractivity contribution is 5.78. The summed E-state index contributed by atoms with van der Waals surface area (Å²) in [6.45, 7) is 4.71. The van der Waals surface area contributed by atoms with E-state index in [1.807, 2.05) is 0 Å². The Kier molecular flexibility index (Phi) is 14.7. The van der Waals surface area contributed by atoms with E-state index < -0.39 is 0 Å². The number of Topliss-reactive ketones (excluding diaryl/α,β-unsaturated/α-hetero) is 2. The van der Waals surface area contributed by atoms with E-state index in [4.69, 9.17) is 9.84 Å². The van der Waals surface area contributed by atoms with Gasteiger partial charge in [-0.2, -0.15) is 0 Å². The molecule has 0 aliphatic rings. The Morgan fingerprint density at radius 3 is 1.90 bits per heavy atom. The Morgan fingerprint density at radius 2 is 1.38 bits per heavy atom. The third kappa shape index (κ3) is 15.2. The van der Waals surface area contributed by atoms with Crippen LogP contribution in [0, 0.1) is 0 Å². The van der Waals surface area contributed by atoms with Crippen molar-refractivity contribution in [1.82, 2.24) is 0 Å². The number of ether oxygens (including phenoxy) is 1. The molecule has 0 fully saturated rings. The highest BCUT2D eigenvalue weighted by Crippen LogP contribution is 2.08. The Morgan fingerprint density at radius 1 is 0.857 bits per heavy atom. The Hall–Kier alpha value is -1.00. The minimum absolute atomic E-state index is 0.209. The SMILES string of the molecule is C=CCOCCC(=O)CCCCCC(=O)CCCCCO. The summed E-state index contributed by atoms with van der Waals surface area (Å²) in [6, 6.07) is 0. The fourth-order valence-electron chi connectivity index (χ4n) is 2.03. The molecule has 0 saturated heterocycles. The first kappa shape index (κ1) is 20.0. The fraction of sp³-hybridized carbons (Fsp3) is 0.765. The Labute approximate surface area is 128 Å². The standard InChI is InChI=1S/C17H30O4/c1-2-14-21-15-12-17(20)11-6-3-5-9-16(19)10-7-4-8-13-18/h2,18H,1,3-15H2. The van der Waals surface area contributed by atoms with Gasteiger partial charge in [-0.1, -0.05) is 18.9 Å². The average Bonchev–Trinajstić information content (AvgIpc) is 2.48. The minimum atomic E-state index is 0.209. The number of aliphatic hydroxyl groups is 1. The predicted octanol–water partition coefficient (Wildman–Crippen LogP) is 3.22. The largest absolute Gasteiger partial charge is 0.396 e. The van der Waals surface area contributed by atoms with Crippen LogP contribution in [0.5, 0.6) is 0 Å². The second-order valence-electron chi connectivity index (χ2n) is 5.29. The maximum absolute atomic E-state index is 11.6. The number of hydrogen-bond donors (Lipinski definition) is 1. The number of hydrogen-bond acceptors (Lipinski definition) is 4.